The molecule has 1 atom stereocenters. The van der Waals surface area contributed by atoms with Gasteiger partial charge in [0.25, 0.3) is 0 Å². The number of rotatable bonds is 1. The Kier molecular flexibility index (Phi) is 3.06. The van der Waals surface area contributed by atoms with Gasteiger partial charge < -0.3 is 10.1 Å². The summed E-state index contributed by atoms with van der Waals surface area (Å²) in [5, 5.41) is 5.38. The molecule has 1 unspecified atom stereocenters. The van der Waals surface area contributed by atoms with Crippen LogP contribution in [-0.2, 0) is 6.54 Å². The van der Waals surface area contributed by atoms with Crippen molar-refractivity contribution in [2.45, 2.75) is 19.6 Å². The van der Waals surface area contributed by atoms with Gasteiger partial charge in [-0.1, -0.05) is 12.1 Å². The van der Waals surface area contributed by atoms with E-state index < -0.39 is 0 Å². The summed E-state index contributed by atoms with van der Waals surface area (Å²) in [4.78, 5) is 1.18. The Morgan fingerprint density at radius 1 is 1.44 bits per heavy atom. The maximum Gasteiger partial charge on any atom is 0.142 e. The third kappa shape index (κ3) is 2.13. The van der Waals surface area contributed by atoms with Crippen molar-refractivity contribution in [3.05, 3.63) is 40.3 Å². The van der Waals surface area contributed by atoms with Crippen molar-refractivity contribution in [1.29, 1.82) is 0 Å². The van der Waals surface area contributed by atoms with Gasteiger partial charge in [0.15, 0.2) is 0 Å². The van der Waals surface area contributed by atoms with Crippen molar-refractivity contribution < 1.29 is 9.13 Å². The van der Waals surface area contributed by atoms with Gasteiger partial charge in [0.05, 0.1) is 4.88 Å². The van der Waals surface area contributed by atoms with Crippen molar-refractivity contribution in [2.24, 2.45) is 0 Å². The largest absolute Gasteiger partial charge is 0.488 e. The maximum atomic E-state index is 13.3. The molecule has 94 valence electrons. The number of ether oxygens (including phenoxy) is 1. The quantitative estimate of drug-likeness (QED) is 0.851. The highest BCUT2D eigenvalue weighted by Crippen LogP contribution is 2.39. The summed E-state index contributed by atoms with van der Waals surface area (Å²) in [6.07, 6.45) is 0.133. The Bertz CT molecular complexity index is 567. The Morgan fingerprint density at radius 3 is 3.17 bits per heavy atom. The zero-order chi connectivity index (χ0) is 12.5. The summed E-state index contributed by atoms with van der Waals surface area (Å²) >= 11 is 1.66. The van der Waals surface area contributed by atoms with Crippen LogP contribution in [0.15, 0.2) is 29.6 Å². The molecule has 1 aliphatic rings. The molecule has 1 aromatic heterocycles. The molecule has 1 N–H and O–H groups in total. The van der Waals surface area contributed by atoms with Gasteiger partial charge in [-0.3, -0.25) is 0 Å². The van der Waals surface area contributed by atoms with Gasteiger partial charge in [-0.05, 0) is 24.6 Å². The fourth-order valence-electron chi connectivity index (χ4n) is 2.13. The van der Waals surface area contributed by atoms with E-state index in [0.29, 0.717) is 0 Å². The number of fused-ring (bicyclic) bond motifs is 1. The van der Waals surface area contributed by atoms with Gasteiger partial charge in [0.2, 0.25) is 0 Å². The van der Waals surface area contributed by atoms with Gasteiger partial charge in [-0.2, -0.15) is 0 Å². The van der Waals surface area contributed by atoms with E-state index in [1.165, 1.54) is 10.9 Å². The zero-order valence-corrected chi connectivity index (χ0v) is 10.9. The molecule has 0 saturated carbocycles. The van der Waals surface area contributed by atoms with Crippen LogP contribution in [0.4, 0.5) is 4.39 Å². The molecule has 3 rings (SSSR count). The Hall–Kier alpha value is -1.39. The van der Waals surface area contributed by atoms with Crippen LogP contribution in [-0.4, -0.2) is 12.6 Å². The van der Waals surface area contributed by atoms with E-state index in [1.54, 1.807) is 23.5 Å². The number of nitrogens with one attached hydrogen (secondary N) is 1. The van der Waals surface area contributed by atoms with Gasteiger partial charge in [-0.15, -0.1) is 11.3 Å². The van der Waals surface area contributed by atoms with Gasteiger partial charge >= 0.3 is 0 Å². The summed E-state index contributed by atoms with van der Waals surface area (Å²) in [6, 6.07) is 6.65. The predicted octanol–water partition coefficient (Wildman–Crippen LogP) is 3.42. The van der Waals surface area contributed by atoms with Crippen molar-refractivity contribution in [1.82, 2.24) is 5.32 Å². The Morgan fingerprint density at radius 2 is 2.33 bits per heavy atom. The fourth-order valence-corrected chi connectivity index (χ4v) is 3.08. The molecule has 4 heteroatoms. The number of hydrogen-bond acceptors (Lipinski definition) is 3. The Labute approximate surface area is 109 Å². The predicted molar refractivity (Wildman–Crippen MR) is 71.5 cm³/mol. The SMILES string of the molecule is CC1CNCc2scc(-c3cccc(F)c3)c2O1. The normalized spacial score (nSPS) is 18.9. The Balaban J connectivity index is 2.06. The van der Waals surface area contributed by atoms with Crippen molar-refractivity contribution >= 4 is 11.3 Å². The molecular weight excluding hydrogens is 249 g/mol. The molecule has 1 aliphatic heterocycles. The van der Waals surface area contributed by atoms with Crippen LogP contribution >= 0.6 is 11.3 Å². The highest BCUT2D eigenvalue weighted by Gasteiger charge is 2.20. The average molecular weight is 263 g/mol. The first kappa shape index (κ1) is 11.7. The highest BCUT2D eigenvalue weighted by molar-refractivity contribution is 7.10. The van der Waals surface area contributed by atoms with E-state index in [0.717, 1.165) is 30.0 Å². The highest BCUT2D eigenvalue weighted by atomic mass is 32.1. The fraction of sp³-hybridized carbons (Fsp3) is 0.286. The summed E-state index contributed by atoms with van der Waals surface area (Å²) < 4.78 is 19.2. The third-order valence-corrected chi connectivity index (χ3v) is 3.96. The topological polar surface area (TPSA) is 21.3 Å². The molecule has 2 nitrogen and oxygen atoms in total. The van der Waals surface area contributed by atoms with E-state index >= 15 is 0 Å². The summed E-state index contributed by atoms with van der Waals surface area (Å²) in [6.45, 7) is 3.69. The standard InChI is InChI=1S/C14H14FNOS/c1-9-6-16-7-13-14(17-9)12(8-18-13)10-3-2-4-11(15)5-10/h2-5,8-9,16H,6-7H2,1H3. The van der Waals surface area contributed by atoms with Crippen LogP contribution in [0, 0.1) is 5.82 Å². The molecule has 0 fully saturated rings. The van der Waals surface area contributed by atoms with Crippen LogP contribution in [0.1, 0.15) is 11.8 Å². The first-order valence-electron chi connectivity index (χ1n) is 5.97. The summed E-state index contributed by atoms with van der Waals surface area (Å²) in [7, 11) is 0. The van der Waals surface area contributed by atoms with Crippen LogP contribution in [0.5, 0.6) is 5.75 Å². The molecule has 0 bridgehead atoms. The number of halogens is 1. The lowest BCUT2D eigenvalue weighted by atomic mass is 10.1. The molecule has 2 heterocycles. The van der Waals surface area contributed by atoms with Crippen LogP contribution in [0.25, 0.3) is 11.1 Å². The van der Waals surface area contributed by atoms with E-state index in [1.807, 2.05) is 18.4 Å². The molecule has 0 amide bonds. The van der Waals surface area contributed by atoms with Gasteiger partial charge in [0.1, 0.15) is 17.7 Å². The molecule has 0 saturated heterocycles. The van der Waals surface area contributed by atoms with Crippen LogP contribution in [0.2, 0.25) is 0 Å². The van der Waals surface area contributed by atoms with Crippen molar-refractivity contribution in [3.8, 4) is 16.9 Å². The summed E-state index contributed by atoms with van der Waals surface area (Å²) in [5.74, 6) is 0.690. The third-order valence-electron chi connectivity index (χ3n) is 2.99. The minimum atomic E-state index is -0.216. The minimum absolute atomic E-state index is 0.133. The molecule has 0 radical (unpaired) electrons. The first-order chi connectivity index (χ1) is 8.74. The van der Waals surface area contributed by atoms with Crippen molar-refractivity contribution in [2.75, 3.05) is 6.54 Å². The van der Waals surface area contributed by atoms with E-state index in [2.05, 4.69) is 5.32 Å². The number of benzene rings is 1. The average Bonchev–Trinajstić information content (AvgIpc) is 2.63. The molecule has 18 heavy (non-hydrogen) atoms. The van der Waals surface area contributed by atoms with Crippen LogP contribution in [0.3, 0.4) is 0 Å². The van der Waals surface area contributed by atoms with Gasteiger partial charge in [0, 0.05) is 24.0 Å². The van der Waals surface area contributed by atoms with Crippen molar-refractivity contribution in [3.63, 3.8) is 0 Å². The zero-order valence-electron chi connectivity index (χ0n) is 10.1. The second-order valence-corrected chi connectivity index (χ2v) is 5.44. The smallest absolute Gasteiger partial charge is 0.142 e. The van der Waals surface area contributed by atoms with Gasteiger partial charge in [-0.25, -0.2) is 4.39 Å². The molecule has 0 spiro atoms. The molecule has 0 aliphatic carbocycles. The lowest BCUT2D eigenvalue weighted by Crippen LogP contribution is -2.25. The first-order valence-corrected chi connectivity index (χ1v) is 6.85. The van der Waals surface area contributed by atoms with E-state index in [9.17, 15) is 4.39 Å². The molecule has 1 aromatic carbocycles. The van der Waals surface area contributed by atoms with Crippen LogP contribution < -0.4 is 10.1 Å². The second kappa shape index (κ2) is 4.71. The molecular formula is C14H14FNOS. The summed E-state index contributed by atoms with van der Waals surface area (Å²) in [5.41, 5.74) is 1.87. The number of hydrogen-bond donors (Lipinski definition) is 1. The minimum Gasteiger partial charge on any atom is -0.488 e. The lowest BCUT2D eigenvalue weighted by molar-refractivity contribution is 0.228. The van der Waals surface area contributed by atoms with E-state index in [-0.39, 0.29) is 11.9 Å². The maximum absolute atomic E-state index is 13.3. The lowest BCUT2D eigenvalue weighted by Gasteiger charge is -2.12. The second-order valence-electron chi connectivity index (χ2n) is 4.47. The number of thiophene rings is 1. The van der Waals surface area contributed by atoms with E-state index in [4.69, 9.17) is 4.74 Å². The monoisotopic (exact) mass is 263 g/mol. The molecule has 2 aromatic rings.